The van der Waals surface area contributed by atoms with Crippen LogP contribution in [0.25, 0.3) is 0 Å². The highest BCUT2D eigenvalue weighted by atomic mass is 16.2. The molecule has 168 valence electrons. The molecule has 2 amide bonds. The summed E-state index contributed by atoms with van der Waals surface area (Å²) >= 11 is 0. The van der Waals surface area contributed by atoms with E-state index < -0.39 is 0 Å². The van der Waals surface area contributed by atoms with Crippen LogP contribution in [0.3, 0.4) is 0 Å². The highest BCUT2D eigenvalue weighted by Crippen LogP contribution is 2.09. The lowest BCUT2D eigenvalue weighted by atomic mass is 10.1. The van der Waals surface area contributed by atoms with Crippen molar-refractivity contribution in [2.24, 2.45) is 0 Å². The first-order chi connectivity index (χ1) is 15.1. The number of piperazine rings is 1. The number of anilines is 1. The second kappa shape index (κ2) is 12.2. The summed E-state index contributed by atoms with van der Waals surface area (Å²) < 4.78 is 0. The number of nitrogens with zero attached hydrogens (tertiary/aromatic N) is 5. The van der Waals surface area contributed by atoms with Gasteiger partial charge in [0.05, 0.1) is 0 Å². The molecule has 1 saturated heterocycles. The molecule has 0 spiro atoms. The van der Waals surface area contributed by atoms with Crippen LogP contribution in [-0.2, 0) is 6.42 Å². The van der Waals surface area contributed by atoms with Crippen LogP contribution >= 0.6 is 0 Å². The van der Waals surface area contributed by atoms with E-state index in [4.69, 9.17) is 0 Å². The normalized spacial score (nSPS) is 15.6. The Balaban J connectivity index is 1.28. The number of likely N-dealkylation sites (N-methyl/N-ethyl adjacent to an activating group) is 1. The first kappa shape index (κ1) is 23.0. The van der Waals surface area contributed by atoms with Crippen LogP contribution < -0.4 is 15.5 Å². The van der Waals surface area contributed by atoms with E-state index in [-0.39, 0.29) is 12.1 Å². The molecular formula is C23H35N7O. The number of carbonyl (C=O) groups is 1. The van der Waals surface area contributed by atoms with E-state index in [0.29, 0.717) is 13.1 Å². The maximum Gasteiger partial charge on any atom is 0.314 e. The summed E-state index contributed by atoms with van der Waals surface area (Å²) in [7, 11) is 4.10. The Morgan fingerprint density at radius 2 is 1.74 bits per heavy atom. The number of hydrogen-bond acceptors (Lipinski definition) is 6. The molecule has 8 nitrogen and oxygen atoms in total. The average molecular weight is 426 g/mol. The van der Waals surface area contributed by atoms with E-state index in [1.165, 1.54) is 5.56 Å². The van der Waals surface area contributed by atoms with Crippen LogP contribution in [0.2, 0.25) is 0 Å². The molecule has 1 aliphatic rings. The van der Waals surface area contributed by atoms with Crippen LogP contribution in [0.15, 0.2) is 48.8 Å². The van der Waals surface area contributed by atoms with E-state index in [0.717, 1.165) is 51.5 Å². The molecule has 1 fully saturated rings. The van der Waals surface area contributed by atoms with E-state index in [2.05, 4.69) is 73.7 Å². The number of urea groups is 1. The smallest absolute Gasteiger partial charge is 0.314 e. The number of rotatable bonds is 10. The van der Waals surface area contributed by atoms with Crippen molar-refractivity contribution in [1.29, 1.82) is 0 Å². The summed E-state index contributed by atoms with van der Waals surface area (Å²) in [5.41, 5.74) is 1.28. The molecule has 0 aliphatic carbocycles. The third-order valence-corrected chi connectivity index (χ3v) is 5.69. The van der Waals surface area contributed by atoms with Crippen molar-refractivity contribution >= 4 is 12.0 Å². The predicted octanol–water partition coefficient (Wildman–Crippen LogP) is 1.46. The molecule has 3 rings (SSSR count). The molecule has 1 unspecified atom stereocenters. The van der Waals surface area contributed by atoms with Crippen LogP contribution in [0.1, 0.15) is 12.0 Å². The first-order valence-corrected chi connectivity index (χ1v) is 11.1. The van der Waals surface area contributed by atoms with Crippen molar-refractivity contribution in [2.75, 3.05) is 64.8 Å². The van der Waals surface area contributed by atoms with E-state index in [9.17, 15) is 4.79 Å². The van der Waals surface area contributed by atoms with Crippen molar-refractivity contribution in [3.63, 3.8) is 0 Å². The first-order valence-electron chi connectivity index (χ1n) is 11.1. The lowest BCUT2D eigenvalue weighted by Gasteiger charge is -2.34. The van der Waals surface area contributed by atoms with Gasteiger partial charge in [-0.15, -0.1) is 0 Å². The largest absolute Gasteiger partial charge is 0.338 e. The number of amides is 2. The maximum absolute atomic E-state index is 12.2. The number of nitrogens with one attached hydrogen (secondary N) is 2. The molecule has 2 heterocycles. The van der Waals surface area contributed by atoms with E-state index in [1.54, 1.807) is 12.4 Å². The lowest BCUT2D eigenvalue weighted by Crippen LogP contribution is -2.48. The summed E-state index contributed by atoms with van der Waals surface area (Å²) in [5, 5.41) is 6.01. The zero-order chi connectivity index (χ0) is 21.9. The van der Waals surface area contributed by atoms with E-state index in [1.807, 2.05) is 12.1 Å². The second-order valence-electron chi connectivity index (χ2n) is 8.17. The van der Waals surface area contributed by atoms with Gasteiger partial charge >= 0.3 is 6.03 Å². The fraction of sp³-hybridized carbons (Fsp3) is 0.522. The summed E-state index contributed by atoms with van der Waals surface area (Å²) in [6.07, 6.45) is 5.42. The van der Waals surface area contributed by atoms with Crippen LogP contribution in [0.5, 0.6) is 0 Å². The Morgan fingerprint density at radius 1 is 1.03 bits per heavy atom. The molecule has 1 atom stereocenters. The number of carbonyl (C=O) groups excluding carboxylic acids is 1. The van der Waals surface area contributed by atoms with Gasteiger partial charge in [0.2, 0.25) is 5.95 Å². The van der Waals surface area contributed by atoms with Crippen LogP contribution in [0.4, 0.5) is 10.7 Å². The minimum atomic E-state index is -0.0917. The van der Waals surface area contributed by atoms with Gasteiger partial charge in [0.25, 0.3) is 0 Å². The maximum atomic E-state index is 12.2. The van der Waals surface area contributed by atoms with Gasteiger partial charge in [0, 0.05) is 57.7 Å². The van der Waals surface area contributed by atoms with Gasteiger partial charge < -0.3 is 20.4 Å². The molecule has 31 heavy (non-hydrogen) atoms. The van der Waals surface area contributed by atoms with Crippen molar-refractivity contribution < 1.29 is 4.79 Å². The number of aromatic nitrogens is 2. The Kier molecular flexibility index (Phi) is 9.05. The minimum absolute atomic E-state index is 0.0917. The zero-order valence-corrected chi connectivity index (χ0v) is 18.7. The molecule has 0 saturated carbocycles. The molecule has 0 radical (unpaired) electrons. The molecule has 8 heteroatoms. The predicted molar refractivity (Wildman–Crippen MR) is 124 cm³/mol. The van der Waals surface area contributed by atoms with Gasteiger partial charge in [-0.2, -0.15) is 0 Å². The Hall–Kier alpha value is -2.71. The highest BCUT2D eigenvalue weighted by molar-refractivity contribution is 5.73. The summed E-state index contributed by atoms with van der Waals surface area (Å²) in [5.74, 6) is 0.809. The molecule has 1 aliphatic heterocycles. The van der Waals surface area contributed by atoms with Gasteiger partial charge in [0.1, 0.15) is 0 Å². The molecule has 2 N–H and O–H groups in total. The summed E-state index contributed by atoms with van der Waals surface area (Å²) in [6, 6.07) is 12.4. The zero-order valence-electron chi connectivity index (χ0n) is 18.7. The van der Waals surface area contributed by atoms with Crippen molar-refractivity contribution in [1.82, 2.24) is 30.4 Å². The fourth-order valence-electron chi connectivity index (χ4n) is 3.73. The average Bonchev–Trinajstić information content (AvgIpc) is 2.81. The van der Waals surface area contributed by atoms with Gasteiger partial charge in [-0.05, 0) is 45.1 Å². The molecule has 0 bridgehead atoms. The van der Waals surface area contributed by atoms with Gasteiger partial charge in [-0.3, -0.25) is 4.90 Å². The second-order valence-corrected chi connectivity index (χ2v) is 8.17. The molecular weight excluding hydrogens is 390 g/mol. The van der Waals surface area contributed by atoms with Crippen molar-refractivity contribution in [3.8, 4) is 0 Å². The third kappa shape index (κ3) is 7.80. The molecule has 1 aromatic carbocycles. The third-order valence-electron chi connectivity index (χ3n) is 5.69. The van der Waals surface area contributed by atoms with Crippen molar-refractivity contribution in [2.45, 2.75) is 18.9 Å². The summed E-state index contributed by atoms with van der Waals surface area (Å²) in [4.78, 5) is 27.7. The Morgan fingerprint density at radius 3 is 2.42 bits per heavy atom. The lowest BCUT2D eigenvalue weighted by molar-refractivity contribution is 0.228. The van der Waals surface area contributed by atoms with Crippen molar-refractivity contribution in [3.05, 3.63) is 54.4 Å². The number of hydrogen-bond donors (Lipinski definition) is 2. The van der Waals surface area contributed by atoms with E-state index >= 15 is 0 Å². The minimum Gasteiger partial charge on any atom is -0.338 e. The van der Waals surface area contributed by atoms with Gasteiger partial charge in [0.15, 0.2) is 0 Å². The Bertz CT molecular complexity index is 764. The summed E-state index contributed by atoms with van der Waals surface area (Å²) in [6.45, 7) is 6.15. The topological polar surface area (TPSA) is 76.6 Å². The monoisotopic (exact) mass is 425 g/mol. The van der Waals surface area contributed by atoms with Crippen LogP contribution in [-0.4, -0.2) is 91.7 Å². The fourth-order valence-corrected chi connectivity index (χ4v) is 3.73. The van der Waals surface area contributed by atoms with Crippen LogP contribution in [0, 0.1) is 0 Å². The quantitative estimate of drug-likeness (QED) is 0.562. The molecule has 1 aromatic heterocycles. The molecule has 2 aromatic rings. The SMILES string of the molecule is CN(C)C(CNC(=O)NCCCN1CCN(c2ncccn2)CC1)Cc1ccccc1. The Labute approximate surface area is 185 Å². The number of benzene rings is 1. The highest BCUT2D eigenvalue weighted by Gasteiger charge is 2.18. The standard InChI is InChI=1S/C23H35N7O/c1-28(2)21(18-20-8-4-3-5-9-20)19-27-23(31)26-12-7-13-29-14-16-30(17-15-29)22-24-10-6-11-25-22/h3-6,8-11,21H,7,12-19H2,1-2H3,(H2,26,27,31). The van der Waals surface area contributed by atoms with Gasteiger partial charge in [-0.1, -0.05) is 30.3 Å². The van der Waals surface area contributed by atoms with Gasteiger partial charge in [-0.25, -0.2) is 14.8 Å².